The number of anilines is 1. The van der Waals surface area contributed by atoms with Crippen LogP contribution in [0.4, 0.5) is 5.13 Å². The van der Waals surface area contributed by atoms with Gasteiger partial charge in [-0.2, -0.15) is 4.31 Å². The Morgan fingerprint density at radius 2 is 2.09 bits per heavy atom. The molecule has 1 amide bonds. The highest BCUT2D eigenvalue weighted by molar-refractivity contribution is 7.91. The number of ether oxygens (including phenoxy) is 1. The standard InChI is InChI=1S/C22H24ClN3O4S3/c1-14-5-2-8-17-20(14)24-22(31-17)25(13-15-6-4-12-30-15)21(27)16-7-3-11-26(16)33(28,29)19-10-9-18(23)32-19/h2,5,8-10,15-16H,3-4,6-7,11-13H2,1H3. The summed E-state index contributed by atoms with van der Waals surface area (Å²) in [5.41, 5.74) is 1.91. The van der Waals surface area contributed by atoms with Gasteiger partial charge in [0, 0.05) is 13.2 Å². The molecule has 2 aliphatic rings. The number of carbonyl (C=O) groups is 1. The van der Waals surface area contributed by atoms with Crippen LogP contribution in [0.15, 0.2) is 34.5 Å². The number of nitrogens with zero attached hydrogens (tertiary/aromatic N) is 3. The monoisotopic (exact) mass is 525 g/mol. The molecule has 0 spiro atoms. The van der Waals surface area contributed by atoms with Gasteiger partial charge < -0.3 is 4.74 Å². The first-order valence-electron chi connectivity index (χ1n) is 10.9. The first-order chi connectivity index (χ1) is 15.8. The Morgan fingerprint density at radius 1 is 1.24 bits per heavy atom. The van der Waals surface area contributed by atoms with E-state index in [2.05, 4.69) is 0 Å². The quantitative estimate of drug-likeness (QED) is 0.466. The predicted octanol–water partition coefficient (Wildman–Crippen LogP) is 4.68. The third kappa shape index (κ3) is 4.44. The minimum atomic E-state index is -3.81. The molecule has 0 bridgehead atoms. The third-order valence-corrected chi connectivity index (χ3v) is 10.8. The molecule has 0 saturated carbocycles. The van der Waals surface area contributed by atoms with Crippen molar-refractivity contribution in [3.8, 4) is 0 Å². The number of aryl methyl sites for hydroxylation is 1. The van der Waals surface area contributed by atoms with E-state index in [1.165, 1.54) is 21.7 Å². The van der Waals surface area contributed by atoms with E-state index in [1.54, 1.807) is 11.0 Å². The number of halogens is 1. The molecule has 7 nitrogen and oxygen atoms in total. The Morgan fingerprint density at radius 3 is 2.79 bits per heavy atom. The second kappa shape index (κ2) is 9.24. The van der Waals surface area contributed by atoms with E-state index in [1.807, 2.05) is 25.1 Å². The van der Waals surface area contributed by atoms with E-state index < -0.39 is 16.1 Å². The summed E-state index contributed by atoms with van der Waals surface area (Å²) < 4.78 is 35.4. The molecule has 0 radical (unpaired) electrons. The van der Waals surface area contributed by atoms with Crippen molar-refractivity contribution in [3.63, 3.8) is 0 Å². The van der Waals surface area contributed by atoms with Crippen LogP contribution < -0.4 is 4.90 Å². The van der Waals surface area contributed by atoms with Crippen molar-refractivity contribution < 1.29 is 17.9 Å². The molecule has 0 N–H and O–H groups in total. The van der Waals surface area contributed by atoms with Gasteiger partial charge in [-0.15, -0.1) is 11.3 Å². The second-order valence-corrected chi connectivity index (χ2v) is 13.2. The van der Waals surface area contributed by atoms with E-state index in [9.17, 15) is 13.2 Å². The van der Waals surface area contributed by atoms with Crippen LogP contribution in [0, 0.1) is 6.92 Å². The molecule has 2 fully saturated rings. The van der Waals surface area contributed by atoms with Gasteiger partial charge in [-0.3, -0.25) is 9.69 Å². The van der Waals surface area contributed by atoms with E-state index in [0.717, 1.165) is 40.0 Å². The van der Waals surface area contributed by atoms with Gasteiger partial charge in [-0.05, 0) is 56.4 Å². The number of carbonyl (C=O) groups excluding carboxylic acids is 1. The summed E-state index contributed by atoms with van der Waals surface area (Å²) in [6, 6.07) is 8.26. The summed E-state index contributed by atoms with van der Waals surface area (Å²) in [4.78, 5) is 20.3. The molecule has 5 rings (SSSR count). The number of thiazole rings is 1. The van der Waals surface area contributed by atoms with Crippen LogP contribution >= 0.6 is 34.3 Å². The summed E-state index contributed by atoms with van der Waals surface area (Å²) in [7, 11) is -3.81. The van der Waals surface area contributed by atoms with E-state index >= 15 is 0 Å². The maximum absolute atomic E-state index is 13.9. The Hall–Kier alpha value is -1.56. The van der Waals surface area contributed by atoms with E-state index in [0.29, 0.717) is 42.0 Å². The summed E-state index contributed by atoms with van der Waals surface area (Å²) >= 11 is 8.45. The Kier molecular flexibility index (Phi) is 6.49. The number of rotatable bonds is 6. The number of benzene rings is 1. The van der Waals surface area contributed by atoms with Crippen molar-refractivity contribution in [3.05, 3.63) is 40.2 Å². The number of sulfonamides is 1. The Balaban J connectivity index is 1.50. The molecule has 2 aliphatic heterocycles. The molecular weight excluding hydrogens is 502 g/mol. The maximum atomic E-state index is 13.9. The lowest BCUT2D eigenvalue weighted by molar-refractivity contribution is -0.122. The van der Waals surface area contributed by atoms with Crippen LogP contribution in [-0.2, 0) is 19.6 Å². The lowest BCUT2D eigenvalue weighted by Crippen LogP contribution is -2.49. The van der Waals surface area contributed by atoms with Crippen LogP contribution in [0.2, 0.25) is 4.34 Å². The highest BCUT2D eigenvalue weighted by Gasteiger charge is 2.43. The molecule has 4 heterocycles. The average Bonchev–Trinajstić information content (AvgIpc) is 3.58. The fourth-order valence-corrected chi connectivity index (χ4v) is 8.77. The number of para-hydroxylation sites is 1. The zero-order chi connectivity index (χ0) is 23.2. The lowest BCUT2D eigenvalue weighted by Gasteiger charge is -2.29. The second-order valence-electron chi connectivity index (χ2n) is 8.33. The predicted molar refractivity (Wildman–Crippen MR) is 132 cm³/mol. The van der Waals surface area contributed by atoms with Crippen molar-refractivity contribution in [2.24, 2.45) is 0 Å². The minimum Gasteiger partial charge on any atom is -0.376 e. The normalized spacial score (nSPS) is 21.8. The van der Waals surface area contributed by atoms with E-state index in [4.69, 9.17) is 21.3 Å². The molecule has 0 aliphatic carbocycles. The summed E-state index contributed by atoms with van der Waals surface area (Å²) in [5.74, 6) is -0.245. The average molecular weight is 526 g/mol. The van der Waals surface area contributed by atoms with Crippen LogP contribution in [0.1, 0.15) is 31.2 Å². The van der Waals surface area contributed by atoms with Gasteiger partial charge in [0.25, 0.3) is 10.0 Å². The number of thiophene rings is 1. The van der Waals surface area contributed by atoms with Crippen LogP contribution in [0.25, 0.3) is 10.2 Å². The maximum Gasteiger partial charge on any atom is 0.253 e. The Labute approximate surface area is 206 Å². The summed E-state index contributed by atoms with van der Waals surface area (Å²) in [6.45, 7) is 3.35. The molecule has 2 aromatic heterocycles. The van der Waals surface area contributed by atoms with Crippen LogP contribution in [0.5, 0.6) is 0 Å². The third-order valence-electron chi connectivity index (χ3n) is 6.12. The number of hydrogen-bond acceptors (Lipinski definition) is 7. The molecular formula is C22H24ClN3O4S3. The summed E-state index contributed by atoms with van der Waals surface area (Å²) in [6.07, 6.45) is 2.84. The fraction of sp³-hybridized carbons (Fsp3) is 0.455. The van der Waals surface area contributed by atoms with Crippen molar-refractivity contribution in [1.29, 1.82) is 0 Å². The molecule has 11 heteroatoms. The zero-order valence-corrected chi connectivity index (χ0v) is 21.3. The largest absolute Gasteiger partial charge is 0.376 e. The first kappa shape index (κ1) is 23.2. The van der Waals surface area contributed by atoms with Crippen LogP contribution in [-0.4, -0.2) is 55.5 Å². The molecule has 1 aromatic carbocycles. The first-order valence-corrected chi connectivity index (χ1v) is 14.4. The topological polar surface area (TPSA) is 79.8 Å². The van der Waals surface area contributed by atoms with E-state index in [-0.39, 0.29) is 16.2 Å². The minimum absolute atomic E-state index is 0.0791. The van der Waals surface area contributed by atoms with Gasteiger partial charge in [-0.25, -0.2) is 13.4 Å². The van der Waals surface area contributed by atoms with Crippen molar-refractivity contribution in [2.75, 3.05) is 24.6 Å². The highest BCUT2D eigenvalue weighted by atomic mass is 35.5. The molecule has 176 valence electrons. The smallest absolute Gasteiger partial charge is 0.253 e. The zero-order valence-electron chi connectivity index (χ0n) is 18.1. The highest BCUT2D eigenvalue weighted by Crippen LogP contribution is 2.36. The lowest BCUT2D eigenvalue weighted by atomic mass is 10.2. The van der Waals surface area contributed by atoms with Gasteiger partial charge >= 0.3 is 0 Å². The van der Waals surface area contributed by atoms with Gasteiger partial charge in [0.15, 0.2) is 5.13 Å². The molecule has 2 atom stereocenters. The van der Waals surface area contributed by atoms with Crippen LogP contribution in [0.3, 0.4) is 0 Å². The number of fused-ring (bicyclic) bond motifs is 1. The van der Waals surface area contributed by atoms with Gasteiger partial charge in [0.2, 0.25) is 5.91 Å². The van der Waals surface area contributed by atoms with Crippen molar-refractivity contribution >= 4 is 65.6 Å². The van der Waals surface area contributed by atoms with Gasteiger partial charge in [0.05, 0.1) is 27.2 Å². The molecule has 33 heavy (non-hydrogen) atoms. The molecule has 3 aromatic rings. The molecule has 2 saturated heterocycles. The fourth-order valence-electron chi connectivity index (χ4n) is 4.45. The SMILES string of the molecule is Cc1cccc2sc(N(CC3CCCO3)C(=O)C3CCCN3S(=O)(=O)c3ccc(Cl)s3)nc12. The van der Waals surface area contributed by atoms with Crippen molar-refractivity contribution in [2.45, 2.75) is 49.0 Å². The summed E-state index contributed by atoms with van der Waals surface area (Å²) in [5, 5.41) is 0.586. The number of amides is 1. The number of aromatic nitrogens is 1. The molecule has 2 unspecified atom stereocenters. The van der Waals surface area contributed by atoms with Crippen molar-refractivity contribution in [1.82, 2.24) is 9.29 Å². The number of hydrogen-bond donors (Lipinski definition) is 0. The van der Waals surface area contributed by atoms with Gasteiger partial charge in [-0.1, -0.05) is 35.1 Å². The van der Waals surface area contributed by atoms with Gasteiger partial charge in [0.1, 0.15) is 10.3 Å². The Bertz CT molecular complexity index is 1280.